The van der Waals surface area contributed by atoms with Gasteiger partial charge in [-0.15, -0.1) is 0 Å². The minimum Gasteiger partial charge on any atom is -0.291 e. The molecule has 0 radical (unpaired) electrons. The third kappa shape index (κ3) is 1.54. The first kappa shape index (κ1) is 9.33. The molecule has 0 spiro atoms. The van der Waals surface area contributed by atoms with Gasteiger partial charge in [-0.2, -0.15) is 0 Å². The first-order valence-electron chi connectivity index (χ1n) is 3.10. The average Bonchev–Trinajstić information content (AvgIpc) is 2.09. The average molecular weight is 190 g/mol. The standard InChI is InChI=1S/C6H4F2N2O3/c7-3-1-2-4(10(12)13)6(9-11)5(3)8/h1-2,9,11H. The van der Waals surface area contributed by atoms with Gasteiger partial charge in [0.25, 0.3) is 5.69 Å². The Morgan fingerprint density at radius 2 is 2.08 bits per heavy atom. The van der Waals surface area contributed by atoms with E-state index < -0.39 is 27.9 Å². The summed E-state index contributed by atoms with van der Waals surface area (Å²) in [6, 6.07) is 1.35. The van der Waals surface area contributed by atoms with E-state index in [0.717, 1.165) is 6.07 Å². The zero-order valence-corrected chi connectivity index (χ0v) is 6.12. The number of hydrogen-bond donors (Lipinski definition) is 2. The number of nitro benzene ring substituents is 1. The Bertz CT molecular complexity index is 356. The van der Waals surface area contributed by atoms with Crippen LogP contribution in [0.15, 0.2) is 12.1 Å². The topological polar surface area (TPSA) is 75.4 Å². The highest BCUT2D eigenvalue weighted by atomic mass is 19.2. The quantitative estimate of drug-likeness (QED) is 0.549. The summed E-state index contributed by atoms with van der Waals surface area (Å²) in [4.78, 5) is 9.27. The van der Waals surface area contributed by atoms with Gasteiger partial charge in [0.05, 0.1) is 4.92 Å². The summed E-state index contributed by atoms with van der Waals surface area (Å²) in [6.07, 6.45) is 0. The highest BCUT2D eigenvalue weighted by Crippen LogP contribution is 2.28. The van der Waals surface area contributed by atoms with Gasteiger partial charge in [-0.3, -0.25) is 20.8 Å². The van der Waals surface area contributed by atoms with Crippen molar-refractivity contribution in [2.45, 2.75) is 0 Å². The summed E-state index contributed by atoms with van der Waals surface area (Å²) in [7, 11) is 0. The Kier molecular flexibility index (Phi) is 2.38. The van der Waals surface area contributed by atoms with Gasteiger partial charge in [0.15, 0.2) is 17.3 Å². The van der Waals surface area contributed by atoms with Crippen LogP contribution in [0, 0.1) is 21.7 Å². The molecule has 0 fully saturated rings. The molecule has 7 heteroatoms. The Morgan fingerprint density at radius 3 is 2.54 bits per heavy atom. The van der Waals surface area contributed by atoms with Gasteiger partial charge in [0.2, 0.25) is 0 Å². The Labute approximate surface area is 70.7 Å². The molecule has 13 heavy (non-hydrogen) atoms. The monoisotopic (exact) mass is 190 g/mol. The third-order valence-electron chi connectivity index (χ3n) is 1.38. The zero-order chi connectivity index (χ0) is 10.0. The van der Waals surface area contributed by atoms with Crippen molar-refractivity contribution in [2.75, 3.05) is 5.48 Å². The van der Waals surface area contributed by atoms with Crippen molar-refractivity contribution in [3.05, 3.63) is 33.9 Å². The fourth-order valence-corrected chi connectivity index (χ4v) is 0.799. The van der Waals surface area contributed by atoms with Gasteiger partial charge < -0.3 is 0 Å². The molecular formula is C6H4F2N2O3. The van der Waals surface area contributed by atoms with Gasteiger partial charge in [-0.25, -0.2) is 8.78 Å². The molecule has 0 aliphatic rings. The minimum atomic E-state index is -1.49. The SMILES string of the molecule is O=[N+]([O-])c1ccc(F)c(F)c1NO. The maximum atomic E-state index is 12.7. The van der Waals surface area contributed by atoms with Crippen LogP contribution in [0.5, 0.6) is 0 Å². The van der Waals surface area contributed by atoms with Crippen LogP contribution in [0.3, 0.4) is 0 Å². The van der Waals surface area contributed by atoms with Crippen LogP contribution in [0.1, 0.15) is 0 Å². The normalized spacial score (nSPS) is 9.77. The molecule has 0 saturated heterocycles. The molecule has 70 valence electrons. The van der Waals surface area contributed by atoms with Crippen molar-refractivity contribution in [3.8, 4) is 0 Å². The maximum absolute atomic E-state index is 12.7. The molecule has 5 nitrogen and oxygen atoms in total. The maximum Gasteiger partial charge on any atom is 0.297 e. The summed E-state index contributed by atoms with van der Waals surface area (Å²) in [5, 5.41) is 18.5. The van der Waals surface area contributed by atoms with E-state index >= 15 is 0 Å². The van der Waals surface area contributed by atoms with Crippen LogP contribution in [0.4, 0.5) is 20.2 Å². The molecule has 1 aromatic carbocycles. The highest BCUT2D eigenvalue weighted by molar-refractivity contribution is 5.61. The van der Waals surface area contributed by atoms with Crippen molar-refractivity contribution in [3.63, 3.8) is 0 Å². The summed E-state index contributed by atoms with van der Waals surface area (Å²) >= 11 is 0. The summed E-state index contributed by atoms with van der Waals surface area (Å²) in [6.45, 7) is 0. The summed E-state index contributed by atoms with van der Waals surface area (Å²) < 4.78 is 25.2. The van der Waals surface area contributed by atoms with Crippen molar-refractivity contribution in [1.82, 2.24) is 0 Å². The number of anilines is 1. The van der Waals surface area contributed by atoms with Gasteiger partial charge in [-0.1, -0.05) is 0 Å². The Hall–Kier alpha value is -1.76. The molecule has 0 bridgehead atoms. The largest absolute Gasteiger partial charge is 0.297 e. The summed E-state index contributed by atoms with van der Waals surface area (Å²) in [5.41, 5.74) is -0.390. The lowest BCUT2D eigenvalue weighted by molar-refractivity contribution is -0.384. The molecule has 1 aromatic rings. The number of nitrogens with zero attached hydrogens (tertiary/aromatic N) is 1. The van der Waals surface area contributed by atoms with Crippen LogP contribution in [0.2, 0.25) is 0 Å². The van der Waals surface area contributed by atoms with Crippen LogP contribution in [-0.2, 0) is 0 Å². The first-order chi connectivity index (χ1) is 6.07. The number of benzene rings is 1. The number of nitro groups is 1. The lowest BCUT2D eigenvalue weighted by atomic mass is 10.2. The molecule has 0 amide bonds. The molecule has 2 N–H and O–H groups in total. The van der Waals surface area contributed by atoms with Gasteiger partial charge in [0, 0.05) is 6.07 Å². The second-order valence-corrected chi connectivity index (χ2v) is 2.12. The minimum absolute atomic E-state index is 0.605. The van der Waals surface area contributed by atoms with E-state index in [-0.39, 0.29) is 0 Å². The van der Waals surface area contributed by atoms with Crippen molar-refractivity contribution >= 4 is 11.4 Å². The predicted octanol–water partition coefficient (Wildman–Crippen LogP) is 1.67. The smallest absolute Gasteiger partial charge is 0.291 e. The third-order valence-corrected chi connectivity index (χ3v) is 1.38. The second kappa shape index (κ2) is 3.31. The molecule has 1 rings (SSSR count). The molecule has 0 aliphatic heterocycles. The lowest BCUT2D eigenvalue weighted by Crippen LogP contribution is -2.01. The van der Waals surface area contributed by atoms with Crippen molar-refractivity contribution < 1.29 is 18.9 Å². The summed E-state index contributed by atoms with van der Waals surface area (Å²) in [5.74, 6) is -2.76. The number of nitrogens with one attached hydrogen (secondary N) is 1. The molecule has 0 aliphatic carbocycles. The Morgan fingerprint density at radius 1 is 1.46 bits per heavy atom. The van der Waals surface area contributed by atoms with Crippen molar-refractivity contribution in [1.29, 1.82) is 0 Å². The van der Waals surface area contributed by atoms with Gasteiger partial charge in [-0.05, 0) is 6.07 Å². The van der Waals surface area contributed by atoms with E-state index in [1.807, 2.05) is 0 Å². The van der Waals surface area contributed by atoms with E-state index in [4.69, 9.17) is 5.21 Å². The fourth-order valence-electron chi connectivity index (χ4n) is 0.799. The molecule has 0 unspecified atom stereocenters. The Balaban J connectivity index is 3.38. The molecule has 0 atom stereocenters. The van der Waals surface area contributed by atoms with Crippen LogP contribution in [-0.4, -0.2) is 10.1 Å². The van der Waals surface area contributed by atoms with Crippen LogP contribution in [0.25, 0.3) is 0 Å². The van der Waals surface area contributed by atoms with E-state index in [2.05, 4.69) is 0 Å². The van der Waals surface area contributed by atoms with E-state index in [1.54, 1.807) is 0 Å². The predicted molar refractivity (Wildman–Crippen MR) is 38.4 cm³/mol. The second-order valence-electron chi connectivity index (χ2n) is 2.12. The molecule has 0 aromatic heterocycles. The first-order valence-corrected chi connectivity index (χ1v) is 3.10. The van der Waals surface area contributed by atoms with E-state index in [0.29, 0.717) is 6.07 Å². The molecule has 0 heterocycles. The number of hydrogen-bond acceptors (Lipinski definition) is 4. The fraction of sp³-hybridized carbons (Fsp3) is 0. The number of halogens is 2. The molecular weight excluding hydrogens is 186 g/mol. The number of rotatable bonds is 2. The zero-order valence-electron chi connectivity index (χ0n) is 6.12. The van der Waals surface area contributed by atoms with Crippen LogP contribution < -0.4 is 5.48 Å². The molecule has 0 saturated carbocycles. The van der Waals surface area contributed by atoms with Gasteiger partial charge >= 0.3 is 0 Å². The van der Waals surface area contributed by atoms with Crippen LogP contribution >= 0.6 is 0 Å². The van der Waals surface area contributed by atoms with E-state index in [9.17, 15) is 18.9 Å². The highest BCUT2D eigenvalue weighted by Gasteiger charge is 2.20. The van der Waals surface area contributed by atoms with Gasteiger partial charge in [0.1, 0.15) is 0 Å². The lowest BCUT2D eigenvalue weighted by Gasteiger charge is -2.01. The van der Waals surface area contributed by atoms with Crippen molar-refractivity contribution in [2.24, 2.45) is 0 Å². The van der Waals surface area contributed by atoms with E-state index in [1.165, 1.54) is 5.48 Å².